The zero-order chi connectivity index (χ0) is 14.6. The highest BCUT2D eigenvalue weighted by Gasteiger charge is 2.26. The monoisotopic (exact) mass is 357 g/mol. The van der Waals surface area contributed by atoms with Crippen LogP contribution in [0.5, 0.6) is 0 Å². The number of hydrogen-bond acceptors (Lipinski definition) is 3. The largest absolute Gasteiger partial charge is 0.425 e. The summed E-state index contributed by atoms with van der Waals surface area (Å²) >= 11 is 17.4. The van der Waals surface area contributed by atoms with E-state index in [9.17, 15) is 4.79 Å². The fourth-order valence-corrected chi connectivity index (χ4v) is 2.02. The molecule has 0 amide bonds. The molecular weight excluding hydrogens is 344 g/mol. The van der Waals surface area contributed by atoms with Crippen LogP contribution in [0.1, 0.15) is 24.2 Å². The number of rotatable bonds is 4. The molecule has 7 heteroatoms. The summed E-state index contributed by atoms with van der Waals surface area (Å²) in [6.45, 7) is 3.66. The van der Waals surface area contributed by atoms with Crippen molar-refractivity contribution in [2.75, 3.05) is 7.05 Å². The first-order chi connectivity index (χ1) is 8.81. The zero-order valence-electron chi connectivity index (χ0n) is 11.2. The lowest BCUT2D eigenvalue weighted by Gasteiger charge is -2.26. The van der Waals surface area contributed by atoms with Crippen molar-refractivity contribution < 1.29 is 9.53 Å². The summed E-state index contributed by atoms with van der Waals surface area (Å²) in [4.78, 5) is 12.0. The Bertz CT molecular complexity index is 515. The fourth-order valence-electron chi connectivity index (χ4n) is 1.22. The Hall–Kier alpha value is -0.450. The Balaban J connectivity index is 0.00000361. The van der Waals surface area contributed by atoms with Gasteiger partial charge in [-0.15, -0.1) is 12.4 Å². The SMILES string of the molecule is CNC(C)(C)C(=CCl)OC(=O)c1ccc(Cl)cc1Cl.Cl. The quantitative estimate of drug-likeness (QED) is 0.628. The van der Waals surface area contributed by atoms with Crippen LogP contribution >= 0.6 is 47.2 Å². The van der Waals surface area contributed by atoms with Gasteiger partial charge in [0.05, 0.1) is 16.1 Å². The molecule has 0 aliphatic heterocycles. The molecule has 0 saturated carbocycles. The Labute approximate surface area is 139 Å². The summed E-state index contributed by atoms with van der Waals surface area (Å²) < 4.78 is 5.26. The molecule has 0 heterocycles. The van der Waals surface area contributed by atoms with E-state index < -0.39 is 11.5 Å². The fraction of sp³-hybridized carbons (Fsp3) is 0.308. The van der Waals surface area contributed by atoms with Crippen LogP contribution in [0, 0.1) is 0 Å². The molecule has 0 spiro atoms. The minimum Gasteiger partial charge on any atom is -0.425 e. The molecule has 1 aromatic rings. The second kappa shape index (κ2) is 8.11. The van der Waals surface area contributed by atoms with Crippen molar-refractivity contribution in [1.29, 1.82) is 0 Å². The molecule has 1 N–H and O–H groups in total. The molecule has 0 aliphatic rings. The molecule has 0 bridgehead atoms. The molecule has 0 unspecified atom stereocenters. The minimum atomic E-state index is -0.586. The molecule has 0 radical (unpaired) electrons. The van der Waals surface area contributed by atoms with Crippen molar-refractivity contribution in [3.63, 3.8) is 0 Å². The van der Waals surface area contributed by atoms with E-state index in [0.717, 1.165) is 0 Å². The highest BCUT2D eigenvalue weighted by atomic mass is 35.5. The molecule has 1 aromatic carbocycles. The van der Waals surface area contributed by atoms with Gasteiger partial charge in [-0.1, -0.05) is 34.8 Å². The molecular formula is C13H15Cl4NO2. The number of likely N-dealkylation sites (N-methyl/N-ethyl adjacent to an activating group) is 1. The van der Waals surface area contributed by atoms with Crippen molar-refractivity contribution in [2.24, 2.45) is 0 Å². The first kappa shape index (κ1) is 19.6. The van der Waals surface area contributed by atoms with E-state index >= 15 is 0 Å². The summed E-state index contributed by atoms with van der Waals surface area (Å²) in [5.41, 5.74) is 0.878. The number of esters is 1. The van der Waals surface area contributed by atoms with Crippen LogP contribution in [0.4, 0.5) is 0 Å². The number of ether oxygens (including phenoxy) is 1. The van der Waals surface area contributed by atoms with Crippen LogP contribution in [0.3, 0.4) is 0 Å². The molecule has 1 rings (SSSR count). The topological polar surface area (TPSA) is 38.3 Å². The molecule has 3 nitrogen and oxygen atoms in total. The highest BCUT2D eigenvalue weighted by molar-refractivity contribution is 6.36. The Morgan fingerprint density at radius 1 is 1.35 bits per heavy atom. The van der Waals surface area contributed by atoms with Crippen LogP contribution in [0.25, 0.3) is 0 Å². The van der Waals surface area contributed by atoms with Gasteiger partial charge in [-0.2, -0.15) is 0 Å². The maximum Gasteiger partial charge on any atom is 0.344 e. The van der Waals surface area contributed by atoms with E-state index in [-0.39, 0.29) is 23.0 Å². The number of hydrogen-bond donors (Lipinski definition) is 1. The van der Waals surface area contributed by atoms with Crippen LogP contribution in [0.15, 0.2) is 29.5 Å². The van der Waals surface area contributed by atoms with E-state index in [1.807, 2.05) is 13.8 Å². The van der Waals surface area contributed by atoms with Gasteiger partial charge in [-0.25, -0.2) is 4.79 Å². The zero-order valence-corrected chi connectivity index (χ0v) is 14.3. The van der Waals surface area contributed by atoms with Gasteiger partial charge in [0.15, 0.2) is 0 Å². The van der Waals surface area contributed by atoms with E-state index in [4.69, 9.17) is 39.5 Å². The molecule has 112 valence electrons. The smallest absolute Gasteiger partial charge is 0.344 e. The van der Waals surface area contributed by atoms with Crippen molar-refractivity contribution in [1.82, 2.24) is 5.32 Å². The lowest BCUT2D eigenvalue weighted by Crippen LogP contribution is -2.39. The van der Waals surface area contributed by atoms with Crippen molar-refractivity contribution in [3.8, 4) is 0 Å². The summed E-state index contributed by atoms with van der Waals surface area (Å²) in [7, 11) is 1.74. The average molecular weight is 359 g/mol. The normalized spacial score (nSPS) is 11.8. The lowest BCUT2D eigenvalue weighted by atomic mass is 10.0. The minimum absolute atomic E-state index is 0. The molecule has 0 aliphatic carbocycles. The molecule has 0 saturated heterocycles. The second-order valence-corrected chi connectivity index (χ2v) is 5.42. The Morgan fingerprint density at radius 2 is 1.95 bits per heavy atom. The molecule has 20 heavy (non-hydrogen) atoms. The van der Waals surface area contributed by atoms with Gasteiger partial charge >= 0.3 is 5.97 Å². The van der Waals surface area contributed by atoms with Crippen LogP contribution in [-0.2, 0) is 4.74 Å². The standard InChI is InChI=1S/C13H14Cl3NO2.ClH/c1-13(2,17-3)11(7-14)19-12(18)9-5-4-8(15)6-10(9)16;/h4-7,17H,1-3H3;1H. The predicted molar refractivity (Wildman–Crippen MR) is 86.2 cm³/mol. The second-order valence-electron chi connectivity index (χ2n) is 4.36. The van der Waals surface area contributed by atoms with E-state index in [1.165, 1.54) is 17.7 Å². The number of benzene rings is 1. The Kier molecular flexibility index (Phi) is 7.92. The van der Waals surface area contributed by atoms with E-state index in [0.29, 0.717) is 10.8 Å². The number of halogens is 4. The summed E-state index contributed by atoms with van der Waals surface area (Å²) in [6.07, 6.45) is 0. The van der Waals surface area contributed by atoms with E-state index in [1.54, 1.807) is 13.1 Å². The van der Waals surface area contributed by atoms with Gasteiger partial charge in [-0.3, -0.25) is 0 Å². The maximum absolute atomic E-state index is 12.0. The van der Waals surface area contributed by atoms with Gasteiger partial charge in [0.2, 0.25) is 0 Å². The molecule has 0 atom stereocenters. The van der Waals surface area contributed by atoms with Gasteiger partial charge in [-0.05, 0) is 39.1 Å². The van der Waals surface area contributed by atoms with Crippen molar-refractivity contribution >= 4 is 53.2 Å². The third kappa shape index (κ3) is 4.83. The first-order valence-electron chi connectivity index (χ1n) is 5.49. The summed E-state index contributed by atoms with van der Waals surface area (Å²) in [5.74, 6) is -0.287. The predicted octanol–water partition coefficient (Wildman–Crippen LogP) is 4.65. The van der Waals surface area contributed by atoms with Gasteiger partial charge in [0, 0.05) is 10.6 Å². The van der Waals surface area contributed by atoms with Gasteiger partial charge in [0.25, 0.3) is 0 Å². The maximum atomic E-state index is 12.0. The van der Waals surface area contributed by atoms with Crippen molar-refractivity contribution in [3.05, 3.63) is 45.1 Å². The summed E-state index contributed by atoms with van der Waals surface area (Å²) in [5, 5.41) is 3.67. The van der Waals surface area contributed by atoms with Gasteiger partial charge < -0.3 is 10.1 Å². The third-order valence-corrected chi connectivity index (χ3v) is 3.44. The van der Waals surface area contributed by atoms with E-state index in [2.05, 4.69) is 5.32 Å². The van der Waals surface area contributed by atoms with Crippen molar-refractivity contribution in [2.45, 2.75) is 19.4 Å². The highest BCUT2D eigenvalue weighted by Crippen LogP contribution is 2.25. The van der Waals surface area contributed by atoms with Crippen LogP contribution in [-0.4, -0.2) is 18.6 Å². The average Bonchev–Trinajstić information content (AvgIpc) is 2.35. The number of carbonyl (C=O) groups excluding carboxylic acids is 1. The third-order valence-electron chi connectivity index (χ3n) is 2.69. The lowest BCUT2D eigenvalue weighted by molar-refractivity contribution is 0.0574. The number of carbonyl (C=O) groups is 1. The summed E-state index contributed by atoms with van der Waals surface area (Å²) in [6, 6.07) is 4.55. The number of nitrogens with one attached hydrogen (secondary N) is 1. The van der Waals surface area contributed by atoms with Crippen LogP contribution in [0.2, 0.25) is 10.0 Å². The van der Waals surface area contributed by atoms with Gasteiger partial charge in [0.1, 0.15) is 5.76 Å². The Morgan fingerprint density at radius 3 is 2.40 bits per heavy atom. The molecule has 0 aromatic heterocycles. The van der Waals surface area contributed by atoms with Crippen LogP contribution < -0.4 is 5.32 Å². The first-order valence-corrected chi connectivity index (χ1v) is 6.68. The molecule has 0 fully saturated rings.